The van der Waals surface area contributed by atoms with Gasteiger partial charge < -0.3 is 0 Å². The molecule has 3 aliphatic rings. The van der Waals surface area contributed by atoms with Crippen LogP contribution in [0.15, 0.2) is 0 Å². The molecule has 0 nitrogen and oxygen atoms in total. The highest BCUT2D eigenvalue weighted by Crippen LogP contribution is 2.83. The molecule has 98 valence electrons. The Hall–Kier alpha value is 0. The van der Waals surface area contributed by atoms with Crippen LogP contribution in [0.4, 0.5) is 0 Å². The van der Waals surface area contributed by atoms with Crippen LogP contribution >= 0.6 is 0 Å². The Labute approximate surface area is 108 Å². The van der Waals surface area contributed by atoms with Crippen molar-refractivity contribution in [1.29, 1.82) is 0 Å². The molecule has 6 unspecified atom stereocenters. The fourth-order valence-corrected chi connectivity index (χ4v) is 5.73. The van der Waals surface area contributed by atoms with Crippen molar-refractivity contribution in [1.82, 2.24) is 0 Å². The van der Waals surface area contributed by atoms with Gasteiger partial charge in [0, 0.05) is 0 Å². The Morgan fingerprint density at radius 2 is 1.94 bits per heavy atom. The summed E-state index contributed by atoms with van der Waals surface area (Å²) < 4.78 is 0. The smallest absolute Gasteiger partial charge is 0.0204 e. The average molecular weight is 234 g/mol. The number of hydrogen-bond donors (Lipinski definition) is 0. The van der Waals surface area contributed by atoms with E-state index >= 15 is 0 Å². The van der Waals surface area contributed by atoms with Crippen molar-refractivity contribution in [2.45, 2.75) is 66.7 Å². The molecule has 0 heteroatoms. The highest BCUT2D eigenvalue weighted by atomic mass is 14.8. The van der Waals surface area contributed by atoms with Gasteiger partial charge in [-0.1, -0.05) is 47.5 Å². The molecule has 0 bridgehead atoms. The molecule has 3 rings (SSSR count). The largest absolute Gasteiger partial charge is 0.0654 e. The first-order valence-electron chi connectivity index (χ1n) is 7.97. The standard InChI is InChI=1S/C17H30/c1-6-7-13-10-17(13)9-12(4)16(17,5)15-8-14(15)11(2)3/h11-15H,6-10H2,1-5H3. The lowest BCUT2D eigenvalue weighted by atomic mass is 9.48. The Balaban J connectivity index is 1.73. The Morgan fingerprint density at radius 1 is 1.24 bits per heavy atom. The molecule has 1 spiro atoms. The molecular formula is C17H30. The molecule has 17 heavy (non-hydrogen) atoms. The maximum Gasteiger partial charge on any atom is -0.0204 e. The van der Waals surface area contributed by atoms with Gasteiger partial charge in [0.15, 0.2) is 0 Å². The minimum atomic E-state index is 0.724. The van der Waals surface area contributed by atoms with Crippen LogP contribution in [0.3, 0.4) is 0 Å². The monoisotopic (exact) mass is 234 g/mol. The first-order chi connectivity index (χ1) is 7.97. The van der Waals surface area contributed by atoms with Crippen LogP contribution in [0.25, 0.3) is 0 Å². The van der Waals surface area contributed by atoms with Crippen LogP contribution in [0.2, 0.25) is 0 Å². The lowest BCUT2D eigenvalue weighted by Gasteiger charge is -2.57. The van der Waals surface area contributed by atoms with E-state index in [0.717, 1.165) is 40.4 Å². The zero-order valence-corrected chi connectivity index (χ0v) is 12.4. The predicted molar refractivity (Wildman–Crippen MR) is 73.8 cm³/mol. The van der Waals surface area contributed by atoms with E-state index in [1.54, 1.807) is 19.3 Å². The summed E-state index contributed by atoms with van der Waals surface area (Å²) in [5.74, 6) is 5.15. The molecule has 0 aromatic heterocycles. The normalized spacial score (nSPS) is 56.1. The fraction of sp³-hybridized carbons (Fsp3) is 1.00. The highest BCUT2D eigenvalue weighted by Gasteiger charge is 2.76. The molecule has 0 aromatic carbocycles. The first kappa shape index (κ1) is 12.1. The van der Waals surface area contributed by atoms with Crippen molar-refractivity contribution in [2.24, 2.45) is 40.4 Å². The second kappa shape index (κ2) is 3.52. The van der Waals surface area contributed by atoms with Crippen molar-refractivity contribution in [3.8, 4) is 0 Å². The Bertz CT molecular complexity index is 318. The van der Waals surface area contributed by atoms with Crippen molar-refractivity contribution >= 4 is 0 Å². The summed E-state index contributed by atoms with van der Waals surface area (Å²) in [6.45, 7) is 12.4. The summed E-state index contributed by atoms with van der Waals surface area (Å²) in [7, 11) is 0. The third-order valence-electron chi connectivity index (χ3n) is 7.10. The van der Waals surface area contributed by atoms with E-state index in [0.29, 0.717) is 0 Å². The lowest BCUT2D eigenvalue weighted by Crippen LogP contribution is -2.50. The molecular weight excluding hydrogens is 204 g/mol. The molecule has 0 heterocycles. The van der Waals surface area contributed by atoms with E-state index in [4.69, 9.17) is 0 Å². The van der Waals surface area contributed by atoms with E-state index in [9.17, 15) is 0 Å². The third kappa shape index (κ3) is 1.36. The van der Waals surface area contributed by atoms with Crippen LogP contribution in [0.1, 0.15) is 66.7 Å². The first-order valence-corrected chi connectivity index (χ1v) is 7.97. The van der Waals surface area contributed by atoms with Gasteiger partial charge in [-0.2, -0.15) is 0 Å². The van der Waals surface area contributed by atoms with Gasteiger partial charge in [0.1, 0.15) is 0 Å². The van der Waals surface area contributed by atoms with Crippen molar-refractivity contribution in [3.05, 3.63) is 0 Å². The highest BCUT2D eigenvalue weighted by molar-refractivity contribution is 5.25. The summed E-state index contributed by atoms with van der Waals surface area (Å²) in [4.78, 5) is 0. The van der Waals surface area contributed by atoms with Crippen molar-refractivity contribution in [3.63, 3.8) is 0 Å². The van der Waals surface area contributed by atoms with Gasteiger partial charge in [-0.15, -0.1) is 0 Å². The van der Waals surface area contributed by atoms with Gasteiger partial charge >= 0.3 is 0 Å². The van der Waals surface area contributed by atoms with Gasteiger partial charge in [-0.05, 0) is 59.7 Å². The SMILES string of the molecule is CCCC1CC12CC(C)C2(C)C1CC1C(C)C. The Kier molecular flexibility index (Phi) is 2.49. The molecule has 3 saturated carbocycles. The second-order valence-corrected chi connectivity index (χ2v) is 7.98. The molecule has 3 fully saturated rings. The molecule has 0 N–H and O–H groups in total. The zero-order chi connectivity index (χ0) is 12.4. The number of rotatable bonds is 4. The zero-order valence-electron chi connectivity index (χ0n) is 12.4. The van der Waals surface area contributed by atoms with Crippen LogP contribution in [-0.2, 0) is 0 Å². The van der Waals surface area contributed by atoms with E-state index < -0.39 is 0 Å². The van der Waals surface area contributed by atoms with Crippen LogP contribution in [0.5, 0.6) is 0 Å². The summed E-state index contributed by atoms with van der Waals surface area (Å²) >= 11 is 0. The van der Waals surface area contributed by atoms with E-state index in [-0.39, 0.29) is 0 Å². The summed E-state index contributed by atoms with van der Waals surface area (Å²) in [6.07, 6.45) is 7.56. The van der Waals surface area contributed by atoms with Crippen LogP contribution < -0.4 is 0 Å². The van der Waals surface area contributed by atoms with Gasteiger partial charge in [-0.3, -0.25) is 0 Å². The van der Waals surface area contributed by atoms with Crippen LogP contribution in [0, 0.1) is 40.4 Å². The van der Waals surface area contributed by atoms with Crippen LogP contribution in [-0.4, -0.2) is 0 Å². The summed E-state index contributed by atoms with van der Waals surface area (Å²) in [6, 6.07) is 0. The van der Waals surface area contributed by atoms with Gasteiger partial charge in [0.05, 0.1) is 0 Å². The average Bonchev–Trinajstić information content (AvgIpc) is 3.12. The van der Waals surface area contributed by atoms with E-state index in [2.05, 4.69) is 34.6 Å². The summed E-state index contributed by atoms with van der Waals surface area (Å²) in [5, 5.41) is 0. The molecule has 0 aliphatic heterocycles. The molecule has 6 atom stereocenters. The second-order valence-electron chi connectivity index (χ2n) is 7.98. The van der Waals surface area contributed by atoms with Gasteiger partial charge in [0.25, 0.3) is 0 Å². The quantitative estimate of drug-likeness (QED) is 0.632. The molecule has 0 aromatic rings. The Morgan fingerprint density at radius 3 is 2.41 bits per heavy atom. The maximum atomic E-state index is 2.66. The third-order valence-corrected chi connectivity index (χ3v) is 7.10. The molecule has 3 aliphatic carbocycles. The predicted octanol–water partition coefficient (Wildman–Crippen LogP) is 5.13. The van der Waals surface area contributed by atoms with E-state index in [1.165, 1.54) is 12.8 Å². The van der Waals surface area contributed by atoms with E-state index in [1.807, 2.05) is 0 Å². The lowest BCUT2D eigenvalue weighted by molar-refractivity contribution is -0.0868. The van der Waals surface area contributed by atoms with Crippen molar-refractivity contribution < 1.29 is 0 Å². The van der Waals surface area contributed by atoms with Gasteiger partial charge in [0.2, 0.25) is 0 Å². The minimum absolute atomic E-state index is 0.724. The minimum Gasteiger partial charge on any atom is -0.0654 e. The molecule has 0 amide bonds. The number of hydrogen-bond acceptors (Lipinski definition) is 0. The molecule has 0 radical (unpaired) electrons. The van der Waals surface area contributed by atoms with Gasteiger partial charge in [-0.25, -0.2) is 0 Å². The van der Waals surface area contributed by atoms with Crippen molar-refractivity contribution in [2.75, 3.05) is 0 Å². The molecule has 0 saturated heterocycles. The summed E-state index contributed by atoms with van der Waals surface area (Å²) in [5.41, 5.74) is 1.54. The maximum absolute atomic E-state index is 2.66. The fourth-order valence-electron chi connectivity index (χ4n) is 5.73. The topological polar surface area (TPSA) is 0 Å².